The molecule has 3 heterocycles. The molecule has 3 rings (SSSR count). The Hall–Kier alpha value is -1.20. The van der Waals surface area contributed by atoms with Gasteiger partial charge >= 0.3 is 0 Å². The Kier molecular flexibility index (Phi) is 3.88. The van der Waals surface area contributed by atoms with E-state index in [0.717, 1.165) is 39.1 Å². The molecule has 21 heavy (non-hydrogen) atoms. The molecule has 114 valence electrons. The molecule has 2 saturated heterocycles. The van der Waals surface area contributed by atoms with Crippen LogP contribution in [0.15, 0.2) is 6.20 Å². The van der Waals surface area contributed by atoms with Crippen LogP contribution in [0.3, 0.4) is 0 Å². The fourth-order valence-electron chi connectivity index (χ4n) is 3.04. The van der Waals surface area contributed by atoms with Gasteiger partial charge in [0, 0.05) is 31.0 Å². The lowest BCUT2D eigenvalue weighted by atomic mass is 9.87. The fraction of sp³-hybridized carbons (Fsp3) is 0.667. The molecule has 5 nitrogen and oxygen atoms in total. The van der Waals surface area contributed by atoms with Crippen molar-refractivity contribution in [2.75, 3.05) is 26.3 Å². The van der Waals surface area contributed by atoms with E-state index in [4.69, 9.17) is 16.3 Å². The molecule has 1 atom stereocenters. The van der Waals surface area contributed by atoms with E-state index in [1.807, 2.05) is 18.7 Å². The number of ether oxygens (including phenoxy) is 1. The minimum Gasteiger partial charge on any atom is -0.381 e. The number of carbonyl (C=O) groups excluding carboxylic acids is 1. The first-order valence-electron chi connectivity index (χ1n) is 7.40. The molecule has 0 saturated carbocycles. The first-order chi connectivity index (χ1) is 10.0. The predicted molar refractivity (Wildman–Crippen MR) is 79.5 cm³/mol. The maximum Gasteiger partial charge on any atom is 0.274 e. The van der Waals surface area contributed by atoms with Gasteiger partial charge in [-0.3, -0.25) is 4.79 Å². The summed E-state index contributed by atoms with van der Waals surface area (Å²) in [5, 5.41) is 0.327. The quantitative estimate of drug-likeness (QED) is 0.842. The van der Waals surface area contributed by atoms with E-state index >= 15 is 0 Å². The van der Waals surface area contributed by atoms with Gasteiger partial charge in [-0.25, -0.2) is 9.97 Å². The van der Waals surface area contributed by atoms with E-state index in [-0.39, 0.29) is 17.2 Å². The molecular formula is C15H20ClN3O2. The highest BCUT2D eigenvalue weighted by molar-refractivity contribution is 6.33. The molecule has 1 spiro atoms. The number of halogens is 1. The van der Waals surface area contributed by atoms with E-state index in [9.17, 15) is 4.79 Å². The molecule has 0 aromatic carbocycles. The van der Waals surface area contributed by atoms with Gasteiger partial charge in [-0.15, -0.1) is 0 Å². The Balaban J connectivity index is 1.81. The molecule has 2 fully saturated rings. The lowest BCUT2D eigenvalue weighted by molar-refractivity contribution is 0.0759. The monoisotopic (exact) mass is 309 g/mol. The van der Waals surface area contributed by atoms with Crippen molar-refractivity contribution in [3.8, 4) is 0 Å². The van der Waals surface area contributed by atoms with E-state index in [1.54, 1.807) is 0 Å². The smallest absolute Gasteiger partial charge is 0.274 e. The largest absolute Gasteiger partial charge is 0.381 e. The summed E-state index contributed by atoms with van der Waals surface area (Å²) in [5.74, 6) is 0.732. The van der Waals surface area contributed by atoms with Crippen molar-refractivity contribution < 1.29 is 9.53 Å². The number of likely N-dealkylation sites (tertiary alicyclic amines) is 1. The maximum atomic E-state index is 12.7. The van der Waals surface area contributed by atoms with Crippen LogP contribution in [-0.4, -0.2) is 47.1 Å². The summed E-state index contributed by atoms with van der Waals surface area (Å²) in [6, 6.07) is 0. The van der Waals surface area contributed by atoms with Gasteiger partial charge in [-0.1, -0.05) is 25.4 Å². The van der Waals surface area contributed by atoms with Crippen LogP contribution in [0.25, 0.3) is 0 Å². The highest BCUT2D eigenvalue weighted by atomic mass is 35.5. The average Bonchev–Trinajstić information content (AvgIpc) is 3.09. The summed E-state index contributed by atoms with van der Waals surface area (Å²) in [6.45, 7) is 7.04. The summed E-state index contributed by atoms with van der Waals surface area (Å²) >= 11 is 6.13. The zero-order valence-corrected chi connectivity index (χ0v) is 13.2. The van der Waals surface area contributed by atoms with E-state index in [1.165, 1.54) is 6.20 Å². The second kappa shape index (κ2) is 5.54. The predicted octanol–water partition coefficient (Wildman–Crippen LogP) is 2.51. The lowest BCUT2D eigenvalue weighted by Crippen LogP contribution is -2.33. The van der Waals surface area contributed by atoms with Crippen LogP contribution in [0, 0.1) is 5.41 Å². The molecule has 0 aliphatic carbocycles. The van der Waals surface area contributed by atoms with Crippen LogP contribution in [0.4, 0.5) is 0 Å². The molecule has 0 bridgehead atoms. The van der Waals surface area contributed by atoms with Crippen molar-refractivity contribution in [1.29, 1.82) is 0 Å². The van der Waals surface area contributed by atoms with Crippen molar-refractivity contribution >= 4 is 17.5 Å². The molecule has 0 radical (unpaired) electrons. The van der Waals surface area contributed by atoms with Gasteiger partial charge in [0.2, 0.25) is 0 Å². The second-order valence-electron chi connectivity index (χ2n) is 6.36. The average molecular weight is 310 g/mol. The summed E-state index contributed by atoms with van der Waals surface area (Å²) in [5.41, 5.74) is 0.474. The van der Waals surface area contributed by atoms with Gasteiger partial charge in [0.05, 0.1) is 17.8 Å². The Bertz CT molecular complexity index is 556. The topological polar surface area (TPSA) is 55.3 Å². The molecule has 1 amide bonds. The third kappa shape index (κ3) is 2.77. The van der Waals surface area contributed by atoms with Gasteiger partial charge in [0.1, 0.15) is 5.82 Å². The van der Waals surface area contributed by atoms with E-state index < -0.39 is 0 Å². The lowest BCUT2D eigenvalue weighted by Gasteiger charge is -2.22. The van der Waals surface area contributed by atoms with Crippen LogP contribution in [0.1, 0.15) is 48.9 Å². The van der Waals surface area contributed by atoms with Gasteiger partial charge in [0.25, 0.3) is 5.91 Å². The van der Waals surface area contributed by atoms with Crippen LogP contribution < -0.4 is 0 Å². The first kappa shape index (κ1) is 14.7. The molecule has 1 aromatic heterocycles. The number of carbonyl (C=O) groups is 1. The van der Waals surface area contributed by atoms with Crippen molar-refractivity contribution in [2.24, 2.45) is 5.41 Å². The Morgan fingerprint density at radius 1 is 1.48 bits per heavy atom. The van der Waals surface area contributed by atoms with Crippen LogP contribution in [0.5, 0.6) is 0 Å². The summed E-state index contributed by atoms with van der Waals surface area (Å²) < 4.78 is 5.50. The Labute approximate surface area is 129 Å². The zero-order valence-electron chi connectivity index (χ0n) is 12.4. The van der Waals surface area contributed by atoms with Gasteiger partial charge in [-0.05, 0) is 12.8 Å². The van der Waals surface area contributed by atoms with Crippen molar-refractivity contribution in [1.82, 2.24) is 14.9 Å². The zero-order chi connectivity index (χ0) is 15.0. The second-order valence-corrected chi connectivity index (χ2v) is 6.77. The van der Waals surface area contributed by atoms with E-state index in [2.05, 4.69) is 9.97 Å². The van der Waals surface area contributed by atoms with Gasteiger partial charge < -0.3 is 9.64 Å². The normalized spacial score (nSPS) is 25.2. The third-order valence-corrected chi connectivity index (χ3v) is 4.67. The van der Waals surface area contributed by atoms with Gasteiger partial charge in [-0.2, -0.15) is 0 Å². The minimum atomic E-state index is -0.0897. The number of aromatic nitrogens is 2. The van der Waals surface area contributed by atoms with Crippen molar-refractivity contribution in [2.45, 2.75) is 32.6 Å². The molecule has 6 heteroatoms. The van der Waals surface area contributed by atoms with Crippen molar-refractivity contribution in [3.63, 3.8) is 0 Å². The third-order valence-electron chi connectivity index (χ3n) is 4.39. The summed E-state index contributed by atoms with van der Waals surface area (Å²) in [6.07, 6.45) is 3.56. The molecule has 0 N–H and O–H groups in total. The number of hydrogen-bond donors (Lipinski definition) is 0. The Morgan fingerprint density at radius 3 is 2.95 bits per heavy atom. The van der Waals surface area contributed by atoms with E-state index in [0.29, 0.717) is 16.5 Å². The Morgan fingerprint density at radius 2 is 2.29 bits per heavy atom. The SMILES string of the molecule is CC(C)c1ncc(Cl)c(C(=O)N2CC[C@]3(CCOC3)C2)n1. The fourth-order valence-corrected chi connectivity index (χ4v) is 3.21. The highest BCUT2D eigenvalue weighted by Crippen LogP contribution is 2.38. The number of hydrogen-bond acceptors (Lipinski definition) is 4. The molecule has 2 aliphatic rings. The molecule has 1 aromatic rings. The summed E-state index contributed by atoms with van der Waals surface area (Å²) in [4.78, 5) is 23.1. The summed E-state index contributed by atoms with van der Waals surface area (Å²) in [7, 11) is 0. The van der Waals surface area contributed by atoms with Crippen LogP contribution in [-0.2, 0) is 4.74 Å². The number of rotatable bonds is 2. The number of nitrogens with zero attached hydrogens (tertiary/aromatic N) is 3. The first-order valence-corrected chi connectivity index (χ1v) is 7.78. The van der Waals surface area contributed by atoms with Crippen molar-refractivity contribution in [3.05, 3.63) is 22.7 Å². The highest BCUT2D eigenvalue weighted by Gasteiger charge is 2.43. The number of amides is 1. The maximum absolute atomic E-state index is 12.7. The minimum absolute atomic E-state index is 0.0897. The van der Waals surface area contributed by atoms with Crippen LogP contribution >= 0.6 is 11.6 Å². The molecule has 0 unspecified atom stereocenters. The molecule has 2 aliphatic heterocycles. The molecular weight excluding hydrogens is 290 g/mol. The standard InChI is InChI=1S/C15H20ClN3O2/c1-10(2)13-17-7-11(16)12(18-13)14(20)19-5-3-15(8-19)4-6-21-9-15/h7,10H,3-6,8-9H2,1-2H3/t15-/m0/s1. The van der Waals surface area contributed by atoms with Crippen LogP contribution in [0.2, 0.25) is 5.02 Å². The van der Waals surface area contributed by atoms with Gasteiger partial charge in [0.15, 0.2) is 5.69 Å².